The zero-order chi connectivity index (χ0) is 27.4. The van der Waals surface area contributed by atoms with E-state index in [0.29, 0.717) is 53.2 Å². The standard InChI is InChI=1S/C29H31FN2O5S/c1-19-10-11-21(25(30)15-19)16-23(33)17-22-7-6-14-32(29(22)34)27-13-12-20(18-28(27)37-2)24-8-4-5-9-26(24)31-38(3,35)36/h4-5,8-13,15,18,22,31H,6-7,14,16-17H2,1-3H3/t22-/m0/s1. The zero-order valence-electron chi connectivity index (χ0n) is 21.7. The maximum absolute atomic E-state index is 14.2. The molecule has 1 heterocycles. The Morgan fingerprint density at radius 1 is 1.13 bits per heavy atom. The SMILES string of the molecule is COc1cc(-c2ccccc2NS(C)(=O)=O)ccc1N1CCC[C@@H](CC(=O)Cc2ccc(C)cc2F)C1=O. The van der Waals surface area contributed by atoms with Crippen molar-refractivity contribution in [1.29, 1.82) is 0 Å². The number of carbonyl (C=O) groups excluding carboxylic acids is 2. The van der Waals surface area contributed by atoms with Gasteiger partial charge in [-0.25, -0.2) is 12.8 Å². The topological polar surface area (TPSA) is 92.8 Å². The molecule has 3 aromatic carbocycles. The summed E-state index contributed by atoms with van der Waals surface area (Å²) < 4.78 is 46.0. The van der Waals surface area contributed by atoms with Crippen LogP contribution in [0, 0.1) is 18.7 Å². The molecule has 1 atom stereocenters. The first kappa shape index (κ1) is 27.3. The molecular weight excluding hydrogens is 507 g/mol. The van der Waals surface area contributed by atoms with Gasteiger partial charge in [-0.15, -0.1) is 0 Å². The van der Waals surface area contributed by atoms with Crippen LogP contribution in [-0.2, 0) is 26.0 Å². The number of aryl methyl sites for hydroxylation is 1. The number of sulfonamides is 1. The molecule has 1 N–H and O–H groups in total. The van der Waals surface area contributed by atoms with Gasteiger partial charge in [0, 0.05) is 30.9 Å². The normalized spacial score (nSPS) is 15.8. The van der Waals surface area contributed by atoms with E-state index in [-0.39, 0.29) is 24.5 Å². The quantitative estimate of drug-likeness (QED) is 0.408. The Hall–Kier alpha value is -3.72. The third-order valence-electron chi connectivity index (χ3n) is 6.62. The molecule has 1 amide bonds. The lowest BCUT2D eigenvalue weighted by molar-refractivity contribution is -0.128. The summed E-state index contributed by atoms with van der Waals surface area (Å²) in [5.74, 6) is -0.787. The minimum absolute atomic E-state index is 0.0468. The predicted molar refractivity (Wildman–Crippen MR) is 146 cm³/mol. The molecule has 7 nitrogen and oxygen atoms in total. The second-order valence-corrected chi connectivity index (χ2v) is 11.4. The number of nitrogens with zero attached hydrogens (tertiary/aromatic N) is 1. The molecule has 0 unspecified atom stereocenters. The van der Waals surface area contributed by atoms with Crippen molar-refractivity contribution in [1.82, 2.24) is 0 Å². The van der Waals surface area contributed by atoms with Crippen LogP contribution < -0.4 is 14.4 Å². The number of ether oxygens (including phenoxy) is 1. The molecule has 0 aromatic heterocycles. The smallest absolute Gasteiger partial charge is 0.230 e. The molecule has 9 heteroatoms. The fraction of sp³-hybridized carbons (Fsp3) is 0.310. The third-order valence-corrected chi connectivity index (χ3v) is 7.21. The first-order chi connectivity index (χ1) is 18.1. The van der Waals surface area contributed by atoms with Crippen LogP contribution in [0.1, 0.15) is 30.4 Å². The van der Waals surface area contributed by atoms with Gasteiger partial charge < -0.3 is 9.64 Å². The summed E-state index contributed by atoms with van der Waals surface area (Å²) in [5.41, 5.74) is 3.52. The number of halogens is 1. The van der Waals surface area contributed by atoms with Gasteiger partial charge >= 0.3 is 0 Å². The molecule has 3 aromatic rings. The van der Waals surface area contributed by atoms with Crippen LogP contribution in [-0.4, -0.2) is 40.0 Å². The number of carbonyl (C=O) groups is 2. The number of hydrogen-bond acceptors (Lipinski definition) is 5. The zero-order valence-corrected chi connectivity index (χ0v) is 22.5. The van der Waals surface area contributed by atoms with Crippen molar-refractivity contribution in [2.24, 2.45) is 5.92 Å². The molecule has 1 fully saturated rings. The fourth-order valence-corrected chi connectivity index (χ4v) is 5.40. The summed E-state index contributed by atoms with van der Waals surface area (Å²) in [6.45, 7) is 2.27. The van der Waals surface area contributed by atoms with Crippen LogP contribution >= 0.6 is 0 Å². The van der Waals surface area contributed by atoms with Crippen LogP contribution in [0.4, 0.5) is 15.8 Å². The second kappa shape index (κ2) is 11.3. The van der Waals surface area contributed by atoms with Crippen LogP contribution in [0.2, 0.25) is 0 Å². The predicted octanol–water partition coefficient (Wildman–Crippen LogP) is 5.13. The molecule has 0 spiro atoms. The van der Waals surface area contributed by atoms with Crippen molar-refractivity contribution in [3.8, 4) is 16.9 Å². The van der Waals surface area contributed by atoms with E-state index in [1.807, 2.05) is 6.07 Å². The summed E-state index contributed by atoms with van der Waals surface area (Å²) in [6.07, 6.45) is 2.40. The van der Waals surface area contributed by atoms with Gasteiger partial charge in [0.05, 0.1) is 24.7 Å². The molecule has 1 aliphatic rings. The lowest BCUT2D eigenvalue weighted by atomic mass is 9.89. The van der Waals surface area contributed by atoms with Gasteiger partial charge in [0.15, 0.2) is 0 Å². The van der Waals surface area contributed by atoms with Crippen molar-refractivity contribution in [2.75, 3.05) is 29.5 Å². The Labute approximate surface area is 222 Å². The summed E-state index contributed by atoms with van der Waals surface area (Å²) in [4.78, 5) is 27.8. The molecule has 0 radical (unpaired) electrons. The first-order valence-electron chi connectivity index (χ1n) is 12.4. The van der Waals surface area contributed by atoms with E-state index < -0.39 is 21.8 Å². The fourth-order valence-electron chi connectivity index (χ4n) is 4.83. The number of Topliss-reactive ketones (excluding diaryl/α,β-unsaturated/α-hetero) is 1. The molecule has 0 bridgehead atoms. The molecule has 0 aliphatic carbocycles. The number of anilines is 2. The van der Waals surface area contributed by atoms with E-state index in [2.05, 4.69) is 4.72 Å². The summed E-state index contributed by atoms with van der Waals surface area (Å²) in [7, 11) is -1.97. The van der Waals surface area contributed by atoms with Gasteiger partial charge in [-0.2, -0.15) is 0 Å². The molecule has 4 rings (SSSR count). The highest BCUT2D eigenvalue weighted by Gasteiger charge is 2.32. The van der Waals surface area contributed by atoms with E-state index in [1.54, 1.807) is 60.4 Å². The maximum atomic E-state index is 14.2. The minimum Gasteiger partial charge on any atom is -0.495 e. The third kappa shape index (κ3) is 6.39. The largest absolute Gasteiger partial charge is 0.495 e. The minimum atomic E-state index is -3.48. The molecule has 1 aliphatic heterocycles. The van der Waals surface area contributed by atoms with Gasteiger partial charge in [0.25, 0.3) is 0 Å². The van der Waals surface area contributed by atoms with Gasteiger partial charge in [-0.3, -0.25) is 14.3 Å². The number of ketones is 1. The molecule has 200 valence electrons. The highest BCUT2D eigenvalue weighted by atomic mass is 32.2. The van der Waals surface area contributed by atoms with E-state index >= 15 is 0 Å². The van der Waals surface area contributed by atoms with Crippen molar-refractivity contribution in [3.63, 3.8) is 0 Å². The average Bonchev–Trinajstić information content (AvgIpc) is 2.86. The van der Waals surface area contributed by atoms with E-state index in [0.717, 1.165) is 11.8 Å². The van der Waals surface area contributed by atoms with Crippen LogP contribution in [0.5, 0.6) is 5.75 Å². The van der Waals surface area contributed by atoms with Crippen molar-refractivity contribution < 1.29 is 27.1 Å². The summed E-state index contributed by atoms with van der Waals surface area (Å²) >= 11 is 0. The number of nitrogens with one attached hydrogen (secondary N) is 1. The second-order valence-electron chi connectivity index (χ2n) is 9.65. The number of benzene rings is 3. The lowest BCUT2D eigenvalue weighted by Gasteiger charge is -2.33. The van der Waals surface area contributed by atoms with Gasteiger partial charge in [-0.1, -0.05) is 36.4 Å². The van der Waals surface area contributed by atoms with Crippen LogP contribution in [0.3, 0.4) is 0 Å². The highest BCUT2D eigenvalue weighted by molar-refractivity contribution is 7.92. The number of hydrogen-bond donors (Lipinski definition) is 1. The lowest BCUT2D eigenvalue weighted by Crippen LogP contribution is -2.42. The van der Waals surface area contributed by atoms with Crippen LogP contribution in [0.25, 0.3) is 11.1 Å². The monoisotopic (exact) mass is 538 g/mol. The van der Waals surface area contributed by atoms with Crippen molar-refractivity contribution >= 4 is 33.1 Å². The average molecular weight is 539 g/mol. The van der Waals surface area contributed by atoms with Crippen molar-refractivity contribution in [2.45, 2.75) is 32.6 Å². The van der Waals surface area contributed by atoms with Crippen molar-refractivity contribution in [3.05, 3.63) is 77.6 Å². The number of amides is 1. The molecule has 0 saturated carbocycles. The number of rotatable bonds is 9. The number of methoxy groups -OCH3 is 1. The van der Waals surface area contributed by atoms with Crippen LogP contribution in [0.15, 0.2) is 60.7 Å². The van der Waals surface area contributed by atoms with E-state index in [1.165, 1.54) is 13.2 Å². The Balaban J connectivity index is 1.54. The highest BCUT2D eigenvalue weighted by Crippen LogP contribution is 2.38. The Bertz CT molecular complexity index is 1470. The molecule has 38 heavy (non-hydrogen) atoms. The summed E-state index contributed by atoms with van der Waals surface area (Å²) in [6, 6.07) is 17.2. The van der Waals surface area contributed by atoms with Gasteiger partial charge in [0.2, 0.25) is 15.9 Å². The molecular formula is C29H31FN2O5S. The van der Waals surface area contributed by atoms with Gasteiger partial charge in [0.1, 0.15) is 17.3 Å². The van der Waals surface area contributed by atoms with E-state index in [9.17, 15) is 22.4 Å². The Kier molecular flexibility index (Phi) is 8.16. The number of para-hydroxylation sites is 1. The maximum Gasteiger partial charge on any atom is 0.230 e. The summed E-state index contributed by atoms with van der Waals surface area (Å²) in [5, 5.41) is 0. The first-order valence-corrected chi connectivity index (χ1v) is 14.3. The number of piperidine rings is 1. The van der Waals surface area contributed by atoms with E-state index in [4.69, 9.17) is 4.74 Å². The molecule has 1 saturated heterocycles. The van der Waals surface area contributed by atoms with Gasteiger partial charge in [-0.05, 0) is 60.7 Å². The Morgan fingerprint density at radius 2 is 1.89 bits per heavy atom. The Morgan fingerprint density at radius 3 is 2.61 bits per heavy atom.